The molecule has 5 heteroatoms. The van der Waals surface area contributed by atoms with Crippen LogP contribution in [0, 0.1) is 0 Å². The average Bonchev–Trinajstić information content (AvgIpc) is 3.90. The summed E-state index contributed by atoms with van der Waals surface area (Å²) in [4.78, 5) is 2.63. The summed E-state index contributed by atoms with van der Waals surface area (Å²) < 4.78 is 9.83. The van der Waals surface area contributed by atoms with Gasteiger partial charge in [-0.05, 0) is 89.5 Å². The van der Waals surface area contributed by atoms with Gasteiger partial charge in [0.05, 0.1) is 5.69 Å². The number of rotatable bonds is 0. The zero-order valence-corrected chi connectivity index (χ0v) is 31.6. The molecule has 0 saturated heterocycles. The SMILES string of the molecule is c1ccc2c(c1)-c1ccccc1[Si]21c2ccccc2N2c3c(cccc31)B1c3c(cc4c(oc5ccccc54)c32)-c2cccc3c4cc5ccccc5cc4n1c23. The lowest BCUT2D eigenvalue weighted by Gasteiger charge is -2.48. The van der Waals surface area contributed by atoms with Gasteiger partial charge in [-0.15, -0.1) is 0 Å². The lowest BCUT2D eigenvalue weighted by Crippen LogP contribution is -2.77. The van der Waals surface area contributed by atoms with E-state index in [2.05, 4.69) is 185 Å². The van der Waals surface area contributed by atoms with Crippen molar-refractivity contribution in [2.24, 2.45) is 0 Å². The van der Waals surface area contributed by atoms with Crippen LogP contribution in [0.5, 0.6) is 0 Å². The molecule has 1 spiro atoms. The van der Waals surface area contributed by atoms with Gasteiger partial charge in [-0.3, -0.25) is 0 Å². The Labute approximate surface area is 328 Å². The van der Waals surface area contributed by atoms with Gasteiger partial charge in [-0.1, -0.05) is 146 Å². The van der Waals surface area contributed by atoms with Crippen LogP contribution in [0.1, 0.15) is 0 Å². The topological polar surface area (TPSA) is 21.3 Å². The third-order valence-electron chi connectivity index (χ3n) is 13.9. The normalized spacial score (nSPS) is 14.7. The number of aromatic nitrogens is 1. The molecule has 6 heterocycles. The Morgan fingerprint density at radius 2 is 1.11 bits per heavy atom. The Morgan fingerprint density at radius 1 is 0.456 bits per heavy atom. The van der Waals surface area contributed by atoms with Crippen molar-refractivity contribution >= 4 is 118 Å². The zero-order valence-electron chi connectivity index (χ0n) is 30.6. The van der Waals surface area contributed by atoms with Crippen molar-refractivity contribution in [3.05, 3.63) is 176 Å². The van der Waals surface area contributed by atoms with Crippen LogP contribution in [0.3, 0.4) is 0 Å². The molecule has 3 nitrogen and oxygen atoms in total. The van der Waals surface area contributed by atoms with Crippen LogP contribution >= 0.6 is 0 Å². The lowest BCUT2D eigenvalue weighted by molar-refractivity contribution is 0.669. The highest BCUT2D eigenvalue weighted by Crippen LogP contribution is 2.51. The number of nitrogens with zero attached hydrogens (tertiary/aromatic N) is 2. The van der Waals surface area contributed by atoms with Crippen molar-refractivity contribution in [2.45, 2.75) is 0 Å². The van der Waals surface area contributed by atoms with E-state index in [4.69, 9.17) is 4.42 Å². The van der Waals surface area contributed by atoms with Crippen LogP contribution in [0.2, 0.25) is 0 Å². The first-order chi connectivity index (χ1) is 28.3. The molecule has 0 unspecified atom stereocenters. The highest BCUT2D eigenvalue weighted by Gasteiger charge is 2.57. The standard InChI is InChI=1S/C52H29BN2OSi/c1-2-14-31-28-42-37(27-30(31)13-1)35-18-11-19-36-38-29-39-32-15-3-7-22-43(32)56-52(39)51-48(38)53(55(42)49(35)36)40-20-12-26-47-50(40)54(51)41-21-6-10-25-46(41)57(47)44-23-8-4-16-33(44)34-17-5-9-24-45(34)57/h1-29H. The van der Waals surface area contributed by atoms with E-state index >= 15 is 0 Å². The number of furan rings is 1. The van der Waals surface area contributed by atoms with E-state index in [-0.39, 0.29) is 6.85 Å². The molecule has 57 heavy (non-hydrogen) atoms. The maximum atomic E-state index is 7.13. The number of para-hydroxylation sites is 4. The fourth-order valence-corrected chi connectivity index (χ4v) is 17.5. The summed E-state index contributed by atoms with van der Waals surface area (Å²) in [6.07, 6.45) is 0. The minimum atomic E-state index is -2.81. The van der Waals surface area contributed by atoms with Crippen LogP contribution in [-0.4, -0.2) is 19.4 Å². The highest BCUT2D eigenvalue weighted by atomic mass is 28.3. The van der Waals surface area contributed by atoms with Crippen LogP contribution in [-0.2, 0) is 0 Å². The number of hydrogen-bond acceptors (Lipinski definition) is 2. The maximum Gasteiger partial charge on any atom is 0.333 e. The molecule has 0 aliphatic carbocycles. The number of benzene rings is 9. The quantitative estimate of drug-likeness (QED) is 0.145. The first-order valence-corrected chi connectivity index (χ1v) is 22.0. The van der Waals surface area contributed by atoms with E-state index in [1.165, 1.54) is 104 Å². The monoisotopic (exact) mass is 736 g/mol. The Morgan fingerprint density at radius 3 is 1.95 bits per heavy atom. The third kappa shape index (κ3) is 3.18. The molecule has 260 valence electrons. The van der Waals surface area contributed by atoms with Gasteiger partial charge in [-0.2, -0.15) is 0 Å². The second-order valence-corrected chi connectivity index (χ2v) is 19.9. The largest absolute Gasteiger partial charge is 0.454 e. The van der Waals surface area contributed by atoms with Crippen LogP contribution < -0.4 is 36.6 Å². The van der Waals surface area contributed by atoms with Gasteiger partial charge in [0.15, 0.2) is 13.7 Å². The first-order valence-electron chi connectivity index (χ1n) is 20.0. The Balaban J connectivity index is 1.19. The van der Waals surface area contributed by atoms with Crippen molar-refractivity contribution < 1.29 is 4.42 Å². The van der Waals surface area contributed by atoms with Crippen molar-refractivity contribution in [2.75, 3.05) is 4.90 Å². The molecular weight excluding hydrogens is 707 g/mol. The van der Waals surface area contributed by atoms with Crippen molar-refractivity contribution in [1.82, 2.24) is 4.48 Å². The fraction of sp³-hybridized carbons (Fsp3) is 0. The second kappa shape index (κ2) is 9.83. The van der Waals surface area contributed by atoms with Gasteiger partial charge >= 0.3 is 6.85 Å². The van der Waals surface area contributed by atoms with Gasteiger partial charge in [-0.25, -0.2) is 0 Å². The minimum Gasteiger partial charge on any atom is -0.454 e. The van der Waals surface area contributed by atoms with Crippen molar-refractivity contribution in [3.8, 4) is 22.3 Å². The van der Waals surface area contributed by atoms with Crippen molar-refractivity contribution in [3.63, 3.8) is 0 Å². The van der Waals surface area contributed by atoms with E-state index in [0.29, 0.717) is 0 Å². The maximum absolute atomic E-state index is 7.13. The fourth-order valence-electron chi connectivity index (χ4n) is 11.9. The molecule has 0 amide bonds. The van der Waals surface area contributed by atoms with Gasteiger partial charge in [0.25, 0.3) is 0 Å². The summed E-state index contributed by atoms with van der Waals surface area (Å²) in [5.41, 5.74) is 16.2. The summed E-state index contributed by atoms with van der Waals surface area (Å²) in [5, 5.41) is 13.3. The molecule has 0 saturated carbocycles. The van der Waals surface area contributed by atoms with E-state index < -0.39 is 8.07 Å². The van der Waals surface area contributed by atoms with Gasteiger partial charge < -0.3 is 13.8 Å². The molecule has 4 aliphatic heterocycles. The Hall–Kier alpha value is -7.08. The predicted molar refractivity (Wildman–Crippen MR) is 241 cm³/mol. The van der Waals surface area contributed by atoms with E-state index in [9.17, 15) is 0 Å². The van der Waals surface area contributed by atoms with Crippen LogP contribution in [0.4, 0.5) is 17.1 Å². The summed E-state index contributed by atoms with van der Waals surface area (Å²) in [7, 11) is -2.81. The molecule has 9 aromatic carbocycles. The van der Waals surface area contributed by atoms with Crippen LogP contribution in [0.15, 0.2) is 180 Å². The minimum absolute atomic E-state index is 0.0712. The van der Waals surface area contributed by atoms with Crippen LogP contribution in [0.25, 0.3) is 76.8 Å². The number of anilines is 3. The molecule has 2 aromatic heterocycles. The molecular formula is C52H29BN2OSi. The molecule has 0 bridgehead atoms. The number of fused-ring (bicyclic) bond motifs is 21. The third-order valence-corrected chi connectivity index (χ3v) is 18.8. The van der Waals surface area contributed by atoms with Gasteiger partial charge in [0, 0.05) is 49.5 Å². The van der Waals surface area contributed by atoms with E-state index in [1.807, 2.05) is 0 Å². The van der Waals surface area contributed by atoms with E-state index in [0.717, 1.165) is 21.9 Å². The second-order valence-electron chi connectivity index (χ2n) is 16.3. The molecule has 11 aromatic rings. The number of hydrogen-bond donors (Lipinski definition) is 0. The highest BCUT2D eigenvalue weighted by molar-refractivity contribution is 7.24. The van der Waals surface area contributed by atoms with E-state index in [1.54, 1.807) is 0 Å². The molecule has 15 rings (SSSR count). The zero-order chi connectivity index (χ0) is 36.7. The molecule has 0 N–H and O–H groups in total. The summed E-state index contributed by atoms with van der Waals surface area (Å²) >= 11 is 0. The smallest absolute Gasteiger partial charge is 0.333 e. The predicted octanol–water partition coefficient (Wildman–Crippen LogP) is 8.94. The lowest BCUT2D eigenvalue weighted by atomic mass is 9.45. The Bertz CT molecular complexity index is 3640. The van der Waals surface area contributed by atoms with Crippen molar-refractivity contribution in [1.29, 1.82) is 0 Å². The molecule has 0 radical (unpaired) electrons. The summed E-state index contributed by atoms with van der Waals surface area (Å²) in [5.74, 6) is 0. The van der Waals surface area contributed by atoms with Gasteiger partial charge in [0.2, 0.25) is 0 Å². The summed E-state index contributed by atoms with van der Waals surface area (Å²) in [6, 6.07) is 66.8. The first kappa shape index (κ1) is 29.2. The Kier molecular flexibility index (Phi) is 5.04. The molecule has 0 fully saturated rings. The average molecular weight is 737 g/mol. The summed E-state index contributed by atoms with van der Waals surface area (Å²) in [6.45, 7) is -0.0712. The molecule has 4 aliphatic rings. The molecule has 0 atom stereocenters. The van der Waals surface area contributed by atoms with Gasteiger partial charge in [0.1, 0.15) is 5.58 Å².